The zero-order chi connectivity index (χ0) is 12.1. The predicted molar refractivity (Wildman–Crippen MR) is 69.5 cm³/mol. The van der Waals surface area contributed by atoms with E-state index in [1.165, 1.54) is 5.56 Å². The number of carbonyl (C=O) groups is 1. The van der Waals surface area contributed by atoms with E-state index in [-0.39, 0.29) is 5.78 Å². The van der Waals surface area contributed by atoms with E-state index in [0.29, 0.717) is 6.54 Å². The molecule has 0 radical (unpaired) electrons. The maximum atomic E-state index is 12.1. The predicted octanol–water partition coefficient (Wildman–Crippen LogP) is 1.34. The Kier molecular flexibility index (Phi) is 4.29. The molecular weight excluding hydrogens is 212 g/mol. The van der Waals surface area contributed by atoms with Gasteiger partial charge in [-0.05, 0) is 18.1 Å². The molecule has 0 amide bonds. The van der Waals surface area contributed by atoms with Crippen LogP contribution in [0.1, 0.15) is 22.8 Å². The summed E-state index contributed by atoms with van der Waals surface area (Å²) in [5.74, 6) is 0.238. The lowest BCUT2D eigenvalue weighted by Gasteiger charge is -2.26. The lowest BCUT2D eigenvalue weighted by atomic mass is 10.1. The summed E-state index contributed by atoms with van der Waals surface area (Å²) < 4.78 is 0. The molecule has 1 aliphatic rings. The second-order valence-corrected chi connectivity index (χ2v) is 4.50. The molecule has 0 unspecified atom stereocenters. The number of ketones is 1. The minimum absolute atomic E-state index is 0.238. The van der Waals surface area contributed by atoms with Gasteiger partial charge in [-0.2, -0.15) is 0 Å². The minimum Gasteiger partial charge on any atom is -0.314 e. The molecule has 1 fully saturated rings. The molecule has 17 heavy (non-hydrogen) atoms. The highest BCUT2D eigenvalue weighted by Gasteiger charge is 2.14. The highest BCUT2D eigenvalue weighted by molar-refractivity contribution is 5.97. The van der Waals surface area contributed by atoms with Gasteiger partial charge >= 0.3 is 0 Å². The monoisotopic (exact) mass is 232 g/mol. The van der Waals surface area contributed by atoms with Crippen LogP contribution in [0.15, 0.2) is 24.3 Å². The van der Waals surface area contributed by atoms with Gasteiger partial charge in [0.05, 0.1) is 6.54 Å². The van der Waals surface area contributed by atoms with Gasteiger partial charge in [-0.3, -0.25) is 9.69 Å². The van der Waals surface area contributed by atoms with Crippen molar-refractivity contribution in [1.82, 2.24) is 10.2 Å². The topological polar surface area (TPSA) is 32.3 Å². The summed E-state index contributed by atoms with van der Waals surface area (Å²) in [5.41, 5.74) is 2.08. The molecule has 0 bridgehead atoms. The van der Waals surface area contributed by atoms with Crippen LogP contribution >= 0.6 is 0 Å². The number of hydrogen-bond donors (Lipinski definition) is 1. The molecule has 0 atom stereocenters. The second kappa shape index (κ2) is 5.94. The fraction of sp³-hybridized carbons (Fsp3) is 0.500. The maximum Gasteiger partial charge on any atom is 0.176 e. The van der Waals surface area contributed by atoms with Gasteiger partial charge in [0.1, 0.15) is 0 Å². The average Bonchev–Trinajstić information content (AvgIpc) is 2.40. The summed E-state index contributed by atoms with van der Waals surface area (Å²) in [4.78, 5) is 14.3. The van der Waals surface area contributed by atoms with E-state index in [1.54, 1.807) is 0 Å². The summed E-state index contributed by atoms with van der Waals surface area (Å²) in [6, 6.07) is 7.99. The molecule has 1 saturated heterocycles. The first-order chi connectivity index (χ1) is 8.29. The van der Waals surface area contributed by atoms with E-state index < -0.39 is 0 Å². The molecule has 0 aliphatic carbocycles. The normalized spacial score (nSPS) is 17.0. The zero-order valence-corrected chi connectivity index (χ0v) is 10.4. The summed E-state index contributed by atoms with van der Waals surface area (Å²) in [5, 5.41) is 3.29. The molecule has 0 aromatic heterocycles. The van der Waals surface area contributed by atoms with Crippen LogP contribution in [-0.4, -0.2) is 43.4 Å². The highest BCUT2D eigenvalue weighted by Crippen LogP contribution is 2.08. The van der Waals surface area contributed by atoms with Gasteiger partial charge in [0, 0.05) is 31.7 Å². The summed E-state index contributed by atoms with van der Waals surface area (Å²) in [7, 11) is 0. The van der Waals surface area contributed by atoms with Crippen molar-refractivity contribution in [3.05, 3.63) is 35.4 Å². The number of hydrogen-bond acceptors (Lipinski definition) is 3. The largest absolute Gasteiger partial charge is 0.314 e. The van der Waals surface area contributed by atoms with E-state index in [4.69, 9.17) is 0 Å². The molecule has 0 spiro atoms. The average molecular weight is 232 g/mol. The first kappa shape index (κ1) is 12.3. The number of benzene rings is 1. The molecule has 1 N–H and O–H groups in total. The SMILES string of the molecule is CCc1cccc(C(=O)CN2CCNCC2)c1. The summed E-state index contributed by atoms with van der Waals surface area (Å²) >= 11 is 0. The Balaban J connectivity index is 1.98. The lowest BCUT2D eigenvalue weighted by molar-refractivity contribution is 0.0921. The van der Waals surface area contributed by atoms with Crippen molar-refractivity contribution in [2.24, 2.45) is 0 Å². The van der Waals surface area contributed by atoms with Gasteiger partial charge in [0.25, 0.3) is 0 Å². The van der Waals surface area contributed by atoms with Gasteiger partial charge in [-0.25, -0.2) is 0 Å². The number of aryl methyl sites for hydroxylation is 1. The number of piperazine rings is 1. The molecule has 1 aromatic carbocycles. The third-order valence-corrected chi connectivity index (χ3v) is 3.23. The van der Waals surface area contributed by atoms with Crippen molar-refractivity contribution in [3.63, 3.8) is 0 Å². The first-order valence-electron chi connectivity index (χ1n) is 6.35. The van der Waals surface area contributed by atoms with Gasteiger partial charge in [0.2, 0.25) is 0 Å². The van der Waals surface area contributed by atoms with Crippen molar-refractivity contribution < 1.29 is 4.79 Å². The van der Waals surface area contributed by atoms with E-state index in [9.17, 15) is 4.79 Å². The van der Waals surface area contributed by atoms with Crippen molar-refractivity contribution in [2.45, 2.75) is 13.3 Å². The summed E-state index contributed by atoms with van der Waals surface area (Å²) in [6.07, 6.45) is 0.981. The number of carbonyl (C=O) groups excluding carboxylic acids is 1. The number of Topliss-reactive ketones (excluding diaryl/α,β-unsaturated/α-hetero) is 1. The Labute approximate surface area is 103 Å². The number of nitrogens with one attached hydrogen (secondary N) is 1. The Hall–Kier alpha value is -1.19. The Morgan fingerprint density at radius 2 is 2.12 bits per heavy atom. The van der Waals surface area contributed by atoms with Crippen LogP contribution in [-0.2, 0) is 6.42 Å². The molecule has 3 heteroatoms. The Morgan fingerprint density at radius 1 is 1.35 bits per heavy atom. The lowest BCUT2D eigenvalue weighted by Crippen LogP contribution is -2.45. The van der Waals surface area contributed by atoms with Crippen molar-refractivity contribution in [1.29, 1.82) is 0 Å². The van der Waals surface area contributed by atoms with E-state index >= 15 is 0 Å². The maximum absolute atomic E-state index is 12.1. The number of nitrogens with zero attached hydrogens (tertiary/aromatic N) is 1. The van der Waals surface area contributed by atoms with Crippen LogP contribution in [0.25, 0.3) is 0 Å². The van der Waals surface area contributed by atoms with Crippen LogP contribution in [0.4, 0.5) is 0 Å². The van der Waals surface area contributed by atoms with Gasteiger partial charge < -0.3 is 5.32 Å². The molecule has 3 nitrogen and oxygen atoms in total. The van der Waals surface area contributed by atoms with Crippen LogP contribution in [0.2, 0.25) is 0 Å². The third kappa shape index (κ3) is 3.38. The van der Waals surface area contributed by atoms with E-state index in [2.05, 4.69) is 23.2 Å². The smallest absolute Gasteiger partial charge is 0.176 e. The van der Waals surface area contributed by atoms with E-state index in [0.717, 1.165) is 38.2 Å². The first-order valence-corrected chi connectivity index (χ1v) is 6.35. The molecule has 1 heterocycles. The van der Waals surface area contributed by atoms with Crippen molar-refractivity contribution in [2.75, 3.05) is 32.7 Å². The standard InChI is InChI=1S/C14H20N2O/c1-2-12-4-3-5-13(10-12)14(17)11-16-8-6-15-7-9-16/h3-5,10,15H,2,6-9,11H2,1H3. The summed E-state index contributed by atoms with van der Waals surface area (Å²) in [6.45, 7) is 6.58. The van der Waals surface area contributed by atoms with E-state index in [1.807, 2.05) is 18.2 Å². The van der Waals surface area contributed by atoms with Crippen LogP contribution < -0.4 is 5.32 Å². The number of rotatable bonds is 4. The van der Waals surface area contributed by atoms with Crippen molar-refractivity contribution >= 4 is 5.78 Å². The molecular formula is C14H20N2O. The molecule has 2 rings (SSSR count). The molecule has 1 aromatic rings. The molecule has 1 aliphatic heterocycles. The van der Waals surface area contributed by atoms with Gasteiger partial charge in [-0.15, -0.1) is 0 Å². The quantitative estimate of drug-likeness (QED) is 0.795. The molecule has 0 saturated carbocycles. The highest BCUT2D eigenvalue weighted by atomic mass is 16.1. The fourth-order valence-electron chi connectivity index (χ4n) is 2.13. The van der Waals surface area contributed by atoms with Gasteiger partial charge in [0.15, 0.2) is 5.78 Å². The van der Waals surface area contributed by atoms with Crippen LogP contribution in [0.5, 0.6) is 0 Å². The molecule has 92 valence electrons. The minimum atomic E-state index is 0.238. The van der Waals surface area contributed by atoms with Crippen LogP contribution in [0, 0.1) is 0 Å². The third-order valence-electron chi connectivity index (χ3n) is 3.23. The fourth-order valence-corrected chi connectivity index (χ4v) is 2.13. The zero-order valence-electron chi connectivity index (χ0n) is 10.4. The van der Waals surface area contributed by atoms with Crippen molar-refractivity contribution in [3.8, 4) is 0 Å². The van der Waals surface area contributed by atoms with Gasteiger partial charge in [-0.1, -0.05) is 25.1 Å². The second-order valence-electron chi connectivity index (χ2n) is 4.50. The Bertz CT molecular complexity index is 384. The van der Waals surface area contributed by atoms with Crippen LogP contribution in [0.3, 0.4) is 0 Å². The Morgan fingerprint density at radius 3 is 2.82 bits per heavy atom.